The van der Waals surface area contributed by atoms with Gasteiger partial charge in [0.1, 0.15) is 0 Å². The summed E-state index contributed by atoms with van der Waals surface area (Å²) >= 11 is 0. The van der Waals surface area contributed by atoms with E-state index in [-0.39, 0.29) is 31.3 Å². The van der Waals surface area contributed by atoms with Crippen LogP contribution in [0.25, 0.3) is 10.8 Å². The number of hydrogen-bond donors (Lipinski definition) is 0. The summed E-state index contributed by atoms with van der Waals surface area (Å²) in [6.45, 7) is 22.7. The van der Waals surface area contributed by atoms with E-state index in [1.165, 1.54) is 45.9 Å². The van der Waals surface area contributed by atoms with Crippen LogP contribution in [0.1, 0.15) is 91.8 Å². The number of fused-ring (bicyclic) bond motifs is 2. The molecule has 4 rings (SSSR count). The van der Waals surface area contributed by atoms with Crippen molar-refractivity contribution in [3.8, 4) is 0 Å². The molecule has 29 heavy (non-hydrogen) atoms. The maximum absolute atomic E-state index is 3.44. The van der Waals surface area contributed by atoms with Crippen LogP contribution in [0.3, 0.4) is 0 Å². The summed E-state index contributed by atoms with van der Waals surface area (Å²) in [6, 6.07) is 9.41. The zero-order valence-corrected chi connectivity index (χ0v) is 23.8. The molecule has 0 bridgehead atoms. The molecule has 2 aromatic rings. The van der Waals surface area contributed by atoms with Crippen molar-refractivity contribution in [2.45, 2.75) is 92.9 Å². The van der Waals surface area contributed by atoms with Crippen LogP contribution in [-0.4, -0.2) is 0 Å². The molecule has 0 amide bonds. The van der Waals surface area contributed by atoms with Crippen molar-refractivity contribution in [3.05, 3.63) is 63.8 Å². The molecule has 0 aliphatic heterocycles. The quantitative estimate of drug-likeness (QED) is 0.228. The Balaban J connectivity index is 0.000000234. The van der Waals surface area contributed by atoms with E-state index in [2.05, 4.69) is 99.6 Å². The SMILES string of the molecule is CC1=[C-]C(C)(C)C(C)=C1C.Cc1c[cH-]c2cc3c(cc12)C(C)(C)CCC3(C)C.[Hf]. The Morgan fingerprint density at radius 2 is 1.34 bits per heavy atom. The van der Waals surface area contributed by atoms with Gasteiger partial charge in [-0.25, -0.2) is 5.57 Å². The van der Waals surface area contributed by atoms with Gasteiger partial charge < -0.3 is 0 Å². The van der Waals surface area contributed by atoms with Crippen LogP contribution in [0.4, 0.5) is 0 Å². The Morgan fingerprint density at radius 1 is 0.828 bits per heavy atom. The Hall–Kier alpha value is -0.820. The van der Waals surface area contributed by atoms with Gasteiger partial charge in [0.25, 0.3) is 0 Å². The van der Waals surface area contributed by atoms with Crippen LogP contribution in [0.15, 0.2) is 41.0 Å². The van der Waals surface area contributed by atoms with Crippen molar-refractivity contribution >= 4 is 10.8 Å². The number of benzene rings is 1. The molecule has 1 heteroatoms. The van der Waals surface area contributed by atoms with Crippen LogP contribution >= 0.6 is 0 Å². The third-order valence-electron chi connectivity index (χ3n) is 7.52. The van der Waals surface area contributed by atoms with Crippen molar-refractivity contribution in [1.82, 2.24) is 0 Å². The van der Waals surface area contributed by atoms with Gasteiger partial charge in [-0.3, -0.25) is 6.08 Å². The van der Waals surface area contributed by atoms with Gasteiger partial charge in [0.15, 0.2) is 0 Å². The van der Waals surface area contributed by atoms with E-state index in [1.54, 1.807) is 11.1 Å². The van der Waals surface area contributed by atoms with Crippen LogP contribution in [-0.2, 0) is 36.7 Å². The van der Waals surface area contributed by atoms with E-state index < -0.39 is 0 Å². The fraction of sp³-hybridized carbons (Fsp3) is 0.536. The van der Waals surface area contributed by atoms with Gasteiger partial charge in [-0.1, -0.05) is 78.9 Å². The molecule has 0 saturated heterocycles. The standard InChI is InChI=1S/C18H23.C10H15.Hf/c1-12-6-7-13-10-15-16(11-14(12)13)18(4,5)9-8-17(15,2)3;1-7-6-10(4,5)9(3)8(7)2;/h6-7,10-11H,8-9H2,1-5H3;1-5H3;/q2*-1;. The van der Waals surface area contributed by atoms with Gasteiger partial charge in [-0.2, -0.15) is 22.8 Å². The van der Waals surface area contributed by atoms with E-state index in [0.29, 0.717) is 10.8 Å². The molecule has 0 saturated carbocycles. The molecule has 156 valence electrons. The molecule has 0 N–H and O–H groups in total. The van der Waals surface area contributed by atoms with Crippen molar-refractivity contribution < 1.29 is 25.8 Å². The van der Waals surface area contributed by atoms with Gasteiger partial charge >= 0.3 is 0 Å². The number of allylic oxidation sites excluding steroid dienone is 4. The Labute approximate surface area is 198 Å². The maximum atomic E-state index is 3.44. The molecule has 0 radical (unpaired) electrons. The van der Waals surface area contributed by atoms with E-state index in [0.717, 1.165) is 0 Å². The second-order valence-electron chi connectivity index (χ2n) is 10.9. The van der Waals surface area contributed by atoms with E-state index in [1.807, 2.05) is 0 Å². The van der Waals surface area contributed by atoms with Crippen molar-refractivity contribution in [1.29, 1.82) is 0 Å². The van der Waals surface area contributed by atoms with Crippen LogP contribution in [0.2, 0.25) is 0 Å². The third-order valence-corrected chi connectivity index (χ3v) is 7.52. The summed E-state index contributed by atoms with van der Waals surface area (Å²) in [5, 5.41) is 2.86. The normalized spacial score (nSPS) is 21.1. The predicted molar refractivity (Wildman–Crippen MR) is 124 cm³/mol. The van der Waals surface area contributed by atoms with E-state index in [9.17, 15) is 0 Å². The van der Waals surface area contributed by atoms with Crippen LogP contribution in [0.5, 0.6) is 0 Å². The first-order valence-electron chi connectivity index (χ1n) is 10.8. The van der Waals surface area contributed by atoms with Crippen molar-refractivity contribution in [3.63, 3.8) is 0 Å². The first-order valence-corrected chi connectivity index (χ1v) is 10.8. The number of hydrogen-bond acceptors (Lipinski definition) is 0. The fourth-order valence-corrected chi connectivity index (χ4v) is 4.82. The Morgan fingerprint density at radius 3 is 1.76 bits per heavy atom. The van der Waals surface area contributed by atoms with Gasteiger partial charge in [0, 0.05) is 25.8 Å². The predicted octanol–water partition coefficient (Wildman–Crippen LogP) is 8.33. The molecule has 0 spiro atoms. The molecule has 0 heterocycles. The summed E-state index contributed by atoms with van der Waals surface area (Å²) in [5.41, 5.74) is 9.59. The average molecular weight is 553 g/mol. The molecule has 2 aromatic carbocycles. The number of rotatable bonds is 0. The van der Waals surface area contributed by atoms with Crippen LogP contribution < -0.4 is 0 Å². The second kappa shape index (κ2) is 8.03. The average Bonchev–Trinajstić information content (AvgIpc) is 3.05. The summed E-state index contributed by atoms with van der Waals surface area (Å²) in [5.74, 6) is 0. The Kier molecular flexibility index (Phi) is 6.77. The largest absolute Gasteiger partial charge is 0.263 e. The first kappa shape index (κ1) is 24.4. The molecule has 2 aliphatic rings. The molecule has 2 aliphatic carbocycles. The summed E-state index contributed by atoms with van der Waals surface area (Å²) in [7, 11) is 0. The van der Waals surface area contributed by atoms with Crippen molar-refractivity contribution in [2.75, 3.05) is 0 Å². The maximum Gasteiger partial charge on any atom is 0 e. The van der Waals surface area contributed by atoms with Gasteiger partial charge in [-0.15, -0.1) is 35.9 Å². The van der Waals surface area contributed by atoms with Gasteiger partial charge in [0.2, 0.25) is 0 Å². The number of aryl methyl sites for hydroxylation is 1. The smallest absolute Gasteiger partial charge is 0 e. The topological polar surface area (TPSA) is 0 Å². The van der Waals surface area contributed by atoms with E-state index in [4.69, 9.17) is 0 Å². The Bertz CT molecular complexity index is 973. The zero-order valence-electron chi connectivity index (χ0n) is 20.2. The monoisotopic (exact) mass is 554 g/mol. The first-order chi connectivity index (χ1) is 12.8. The summed E-state index contributed by atoms with van der Waals surface area (Å²) < 4.78 is 0. The minimum atomic E-state index is 0. The molecule has 0 nitrogen and oxygen atoms in total. The molecule has 0 aromatic heterocycles. The summed E-state index contributed by atoms with van der Waals surface area (Å²) in [6.07, 6.45) is 6.02. The van der Waals surface area contributed by atoms with E-state index >= 15 is 0 Å². The summed E-state index contributed by atoms with van der Waals surface area (Å²) in [4.78, 5) is 0. The molecule has 0 atom stereocenters. The molecule has 0 fully saturated rings. The third kappa shape index (κ3) is 4.46. The fourth-order valence-electron chi connectivity index (χ4n) is 4.82. The molecule has 0 unspecified atom stereocenters. The van der Waals surface area contributed by atoms with Gasteiger partial charge in [0.05, 0.1) is 0 Å². The van der Waals surface area contributed by atoms with Crippen molar-refractivity contribution in [2.24, 2.45) is 5.41 Å². The molecular weight excluding hydrogens is 515 g/mol. The zero-order chi connectivity index (χ0) is 21.1. The second-order valence-corrected chi connectivity index (χ2v) is 10.9. The van der Waals surface area contributed by atoms with Gasteiger partial charge in [-0.05, 0) is 23.7 Å². The minimum absolute atomic E-state index is 0. The molecular formula is C28H38Hf-2. The minimum Gasteiger partial charge on any atom is -0.263 e. The van der Waals surface area contributed by atoms with Crippen LogP contribution in [0, 0.1) is 18.4 Å².